The van der Waals surface area contributed by atoms with E-state index in [9.17, 15) is 4.79 Å². The summed E-state index contributed by atoms with van der Waals surface area (Å²) in [4.78, 5) is 18.9. The lowest BCUT2D eigenvalue weighted by Gasteiger charge is -2.34. The molecule has 1 aromatic carbocycles. The quantitative estimate of drug-likeness (QED) is 0.753. The van der Waals surface area contributed by atoms with Gasteiger partial charge in [0.15, 0.2) is 0 Å². The minimum Gasteiger partial charge on any atom is -0.472 e. The van der Waals surface area contributed by atoms with Gasteiger partial charge in [0.2, 0.25) is 0 Å². The van der Waals surface area contributed by atoms with Gasteiger partial charge in [-0.15, -0.1) is 0 Å². The number of nitrogens with one attached hydrogen (secondary N) is 1. The zero-order valence-electron chi connectivity index (χ0n) is 15.1. The minimum atomic E-state index is 0.0477. The summed E-state index contributed by atoms with van der Waals surface area (Å²) in [6, 6.07) is 18.5. The predicted octanol–water partition coefficient (Wildman–Crippen LogP) is 3.66. The monoisotopic (exact) mass is 361 g/mol. The Kier molecular flexibility index (Phi) is 5.30. The number of furan rings is 1. The van der Waals surface area contributed by atoms with Gasteiger partial charge in [0.25, 0.3) is 5.91 Å². The lowest BCUT2D eigenvalue weighted by molar-refractivity contribution is 0.0702. The Labute approximate surface area is 159 Å². The molecule has 1 aliphatic heterocycles. The molecule has 0 unspecified atom stereocenters. The van der Waals surface area contributed by atoms with E-state index in [0.717, 1.165) is 31.6 Å². The summed E-state index contributed by atoms with van der Waals surface area (Å²) in [7, 11) is 0. The molecule has 0 spiro atoms. The molecule has 0 saturated carbocycles. The summed E-state index contributed by atoms with van der Waals surface area (Å²) in [6.45, 7) is 1.48. The molecule has 3 heterocycles. The Hall–Kier alpha value is -2.92. The molecule has 27 heavy (non-hydrogen) atoms. The zero-order chi connectivity index (χ0) is 18.5. The van der Waals surface area contributed by atoms with E-state index in [-0.39, 0.29) is 11.9 Å². The molecule has 5 nitrogen and oxygen atoms in total. The van der Waals surface area contributed by atoms with E-state index in [1.807, 2.05) is 29.3 Å². The molecular weight excluding hydrogens is 338 g/mol. The standard InChI is InChI=1S/C22H23N3O2/c26-22(18-11-15-27-16-18)25-13-9-19(10-14-25)24-21(17-6-2-1-3-7-17)20-8-4-5-12-23-20/h1-8,11-12,15-16,19,21,24H,9-10,13-14H2/t21-/m0/s1. The van der Waals surface area contributed by atoms with Gasteiger partial charge in [-0.25, -0.2) is 0 Å². The number of piperidine rings is 1. The van der Waals surface area contributed by atoms with E-state index in [1.165, 1.54) is 11.8 Å². The summed E-state index contributed by atoms with van der Waals surface area (Å²) in [5.41, 5.74) is 2.84. The Morgan fingerprint density at radius 2 is 1.85 bits per heavy atom. The number of amides is 1. The number of carbonyl (C=O) groups is 1. The van der Waals surface area contributed by atoms with Crippen LogP contribution < -0.4 is 5.32 Å². The summed E-state index contributed by atoms with van der Waals surface area (Å²) in [6.07, 6.45) is 6.72. The van der Waals surface area contributed by atoms with Crippen molar-refractivity contribution >= 4 is 5.91 Å². The smallest absolute Gasteiger partial charge is 0.257 e. The van der Waals surface area contributed by atoms with Crippen LogP contribution in [-0.2, 0) is 0 Å². The van der Waals surface area contributed by atoms with Gasteiger partial charge in [0.05, 0.1) is 23.6 Å². The van der Waals surface area contributed by atoms with Crippen molar-refractivity contribution in [3.05, 3.63) is 90.1 Å². The average molecular weight is 361 g/mol. The number of hydrogen-bond acceptors (Lipinski definition) is 4. The summed E-state index contributed by atoms with van der Waals surface area (Å²) < 4.78 is 5.03. The second-order valence-corrected chi connectivity index (χ2v) is 6.84. The maximum absolute atomic E-state index is 12.5. The van der Waals surface area contributed by atoms with Crippen LogP contribution >= 0.6 is 0 Å². The van der Waals surface area contributed by atoms with Crippen molar-refractivity contribution in [2.75, 3.05) is 13.1 Å². The Morgan fingerprint density at radius 3 is 2.52 bits per heavy atom. The van der Waals surface area contributed by atoms with Crippen LogP contribution in [0.5, 0.6) is 0 Å². The Bertz CT molecular complexity index is 802. The highest BCUT2D eigenvalue weighted by Gasteiger charge is 2.26. The first-order chi connectivity index (χ1) is 13.3. The van der Waals surface area contributed by atoms with Crippen molar-refractivity contribution in [3.63, 3.8) is 0 Å². The topological polar surface area (TPSA) is 58.4 Å². The van der Waals surface area contributed by atoms with Crippen molar-refractivity contribution in [3.8, 4) is 0 Å². The molecule has 0 radical (unpaired) electrons. The van der Waals surface area contributed by atoms with Gasteiger partial charge in [-0.2, -0.15) is 0 Å². The van der Waals surface area contributed by atoms with E-state index in [0.29, 0.717) is 11.6 Å². The fourth-order valence-electron chi connectivity index (χ4n) is 3.60. The molecule has 1 amide bonds. The van der Waals surface area contributed by atoms with Gasteiger partial charge in [-0.3, -0.25) is 9.78 Å². The van der Waals surface area contributed by atoms with Crippen LogP contribution in [0.1, 0.15) is 40.5 Å². The fourth-order valence-corrected chi connectivity index (χ4v) is 3.60. The van der Waals surface area contributed by atoms with Crippen molar-refractivity contribution in [2.24, 2.45) is 0 Å². The molecule has 1 N–H and O–H groups in total. The molecule has 1 aliphatic rings. The SMILES string of the molecule is O=C(c1ccoc1)N1CCC(N[C@@H](c2ccccc2)c2ccccn2)CC1. The maximum atomic E-state index is 12.5. The number of pyridine rings is 1. The highest BCUT2D eigenvalue weighted by atomic mass is 16.3. The van der Waals surface area contributed by atoms with Crippen LogP contribution in [-0.4, -0.2) is 34.9 Å². The number of rotatable bonds is 5. The number of likely N-dealkylation sites (tertiary alicyclic amines) is 1. The highest BCUT2D eigenvalue weighted by Crippen LogP contribution is 2.23. The molecule has 1 saturated heterocycles. The normalized spacial score (nSPS) is 16.2. The summed E-state index contributed by atoms with van der Waals surface area (Å²) >= 11 is 0. The van der Waals surface area contributed by atoms with E-state index < -0.39 is 0 Å². The lowest BCUT2D eigenvalue weighted by atomic mass is 9.98. The number of nitrogens with zero attached hydrogens (tertiary/aromatic N) is 2. The Morgan fingerprint density at radius 1 is 1.07 bits per heavy atom. The number of hydrogen-bond donors (Lipinski definition) is 1. The summed E-state index contributed by atoms with van der Waals surface area (Å²) in [5.74, 6) is 0.0477. The van der Waals surface area contributed by atoms with E-state index in [4.69, 9.17) is 4.42 Å². The number of benzene rings is 1. The second-order valence-electron chi connectivity index (χ2n) is 6.84. The molecule has 1 fully saturated rings. The fraction of sp³-hybridized carbons (Fsp3) is 0.273. The van der Waals surface area contributed by atoms with Gasteiger partial charge in [-0.1, -0.05) is 36.4 Å². The molecule has 2 aromatic heterocycles. The maximum Gasteiger partial charge on any atom is 0.257 e. The van der Waals surface area contributed by atoms with E-state index >= 15 is 0 Å². The molecular formula is C22H23N3O2. The lowest BCUT2D eigenvalue weighted by Crippen LogP contribution is -2.46. The molecule has 0 bridgehead atoms. The third-order valence-corrected chi connectivity index (χ3v) is 5.07. The number of carbonyl (C=O) groups excluding carboxylic acids is 1. The third-order valence-electron chi connectivity index (χ3n) is 5.07. The van der Waals surface area contributed by atoms with Crippen LogP contribution in [0.15, 0.2) is 77.7 Å². The van der Waals surface area contributed by atoms with Crippen molar-refractivity contribution in [2.45, 2.75) is 24.9 Å². The van der Waals surface area contributed by atoms with Crippen molar-refractivity contribution in [1.29, 1.82) is 0 Å². The number of aromatic nitrogens is 1. The third kappa shape index (κ3) is 4.09. The van der Waals surface area contributed by atoms with E-state index in [2.05, 4.69) is 40.6 Å². The van der Waals surface area contributed by atoms with Gasteiger partial charge in [-0.05, 0) is 36.6 Å². The van der Waals surface area contributed by atoms with Crippen LogP contribution in [0.4, 0.5) is 0 Å². The largest absolute Gasteiger partial charge is 0.472 e. The minimum absolute atomic E-state index is 0.0477. The average Bonchev–Trinajstić information content (AvgIpc) is 3.28. The predicted molar refractivity (Wildman–Crippen MR) is 103 cm³/mol. The van der Waals surface area contributed by atoms with Gasteiger partial charge in [0, 0.05) is 25.3 Å². The Balaban J connectivity index is 1.43. The molecule has 0 aliphatic carbocycles. The molecule has 1 atom stereocenters. The second kappa shape index (κ2) is 8.18. The first kappa shape index (κ1) is 17.5. The summed E-state index contributed by atoms with van der Waals surface area (Å²) in [5, 5.41) is 3.76. The molecule has 3 aromatic rings. The van der Waals surface area contributed by atoms with E-state index in [1.54, 1.807) is 12.3 Å². The van der Waals surface area contributed by atoms with Crippen molar-refractivity contribution in [1.82, 2.24) is 15.2 Å². The van der Waals surface area contributed by atoms with Crippen molar-refractivity contribution < 1.29 is 9.21 Å². The highest BCUT2D eigenvalue weighted by molar-refractivity contribution is 5.93. The van der Waals surface area contributed by atoms with Gasteiger partial charge in [0.1, 0.15) is 6.26 Å². The van der Waals surface area contributed by atoms with Crippen LogP contribution in [0.3, 0.4) is 0 Å². The first-order valence-electron chi connectivity index (χ1n) is 9.34. The molecule has 5 heteroatoms. The van der Waals surface area contributed by atoms with Crippen LogP contribution in [0, 0.1) is 0 Å². The van der Waals surface area contributed by atoms with Gasteiger partial charge < -0.3 is 14.6 Å². The van der Waals surface area contributed by atoms with Gasteiger partial charge >= 0.3 is 0 Å². The molecule has 4 rings (SSSR count). The zero-order valence-corrected chi connectivity index (χ0v) is 15.1. The first-order valence-corrected chi connectivity index (χ1v) is 9.34. The molecule has 138 valence electrons. The van der Waals surface area contributed by atoms with Crippen LogP contribution in [0.25, 0.3) is 0 Å². The van der Waals surface area contributed by atoms with Crippen LogP contribution in [0.2, 0.25) is 0 Å².